The van der Waals surface area contributed by atoms with E-state index >= 15 is 0 Å². The summed E-state index contributed by atoms with van der Waals surface area (Å²) in [6, 6.07) is 0. The molecule has 0 bridgehead atoms. The highest BCUT2D eigenvalue weighted by molar-refractivity contribution is 7.99. The predicted octanol–water partition coefficient (Wildman–Crippen LogP) is 7.19. The molecule has 0 aliphatic carbocycles. The molecule has 0 aliphatic heterocycles. The second kappa shape index (κ2) is 9.84. The van der Waals surface area contributed by atoms with Gasteiger partial charge in [-0.25, -0.2) is 4.39 Å². The number of hydrogen-bond acceptors (Lipinski definition) is 2. The normalized spacial score (nSPS) is 16.7. The number of unbranched alkanes of at least 4 members (excludes halogenated alkanes) is 1. The predicted molar refractivity (Wildman–Crippen MR) is 79.0 cm³/mol. The molecule has 34 heavy (non-hydrogen) atoms. The quantitative estimate of drug-likeness (QED) is 0.187. The van der Waals surface area contributed by atoms with E-state index in [1.54, 1.807) is 0 Å². The van der Waals surface area contributed by atoms with E-state index in [0.717, 1.165) is 0 Å². The molecule has 0 radical (unpaired) electrons. The van der Waals surface area contributed by atoms with Crippen molar-refractivity contribution in [1.82, 2.24) is 0 Å². The molecular formula is C14H12F18OS. The zero-order valence-corrected chi connectivity index (χ0v) is 16.6. The first kappa shape index (κ1) is 33.0. The number of rotatable bonds is 13. The summed E-state index contributed by atoms with van der Waals surface area (Å²) >= 11 is -0.322. The Labute approximate surface area is 181 Å². The van der Waals surface area contributed by atoms with Gasteiger partial charge in [0.2, 0.25) is 0 Å². The van der Waals surface area contributed by atoms with Crippen LogP contribution in [-0.4, -0.2) is 70.6 Å². The van der Waals surface area contributed by atoms with E-state index < -0.39 is 71.9 Å². The monoisotopic (exact) mass is 570 g/mol. The summed E-state index contributed by atoms with van der Waals surface area (Å²) < 4.78 is 235. The lowest BCUT2D eigenvalue weighted by molar-refractivity contribution is -0.461. The maximum Gasteiger partial charge on any atom is 0.460 e. The van der Waals surface area contributed by atoms with Crippen molar-refractivity contribution in [2.75, 3.05) is 12.4 Å². The van der Waals surface area contributed by atoms with E-state index in [2.05, 4.69) is 0 Å². The minimum Gasteiger partial charge on any atom is -0.396 e. The van der Waals surface area contributed by atoms with Gasteiger partial charge in [-0.2, -0.15) is 74.6 Å². The van der Waals surface area contributed by atoms with Crippen molar-refractivity contribution in [3.05, 3.63) is 0 Å². The smallest absolute Gasteiger partial charge is 0.396 e. The van der Waals surface area contributed by atoms with Crippen LogP contribution >= 0.6 is 11.8 Å². The van der Waals surface area contributed by atoms with Gasteiger partial charge < -0.3 is 5.11 Å². The van der Waals surface area contributed by atoms with E-state index in [9.17, 15) is 79.0 Å². The maximum atomic E-state index is 13.6. The van der Waals surface area contributed by atoms with Crippen LogP contribution in [0.3, 0.4) is 0 Å². The molecule has 0 aromatic heterocycles. The SMILES string of the molecule is OCCCCSC(F)CC(F)(F)C(F)(F)C(F)(F)C(F)(F)C(F)(F)C(F)(F)C(F)(F)C(F)(F)F. The Kier molecular flexibility index (Phi) is 9.56. The lowest BCUT2D eigenvalue weighted by Gasteiger charge is -2.42. The number of halogens is 18. The molecule has 0 spiro atoms. The van der Waals surface area contributed by atoms with Gasteiger partial charge in [0.1, 0.15) is 0 Å². The summed E-state index contributed by atoms with van der Waals surface area (Å²) in [5.74, 6) is -57.7. The van der Waals surface area contributed by atoms with Gasteiger partial charge in [0.15, 0.2) is 5.50 Å². The molecule has 0 aromatic rings. The molecule has 0 saturated carbocycles. The van der Waals surface area contributed by atoms with Gasteiger partial charge in [-0.05, 0) is 18.6 Å². The van der Waals surface area contributed by atoms with E-state index in [1.165, 1.54) is 0 Å². The van der Waals surface area contributed by atoms with Crippen LogP contribution in [0.25, 0.3) is 0 Å². The Morgan fingerprint density at radius 3 is 1.24 bits per heavy atom. The van der Waals surface area contributed by atoms with Crippen molar-refractivity contribution >= 4 is 11.8 Å². The van der Waals surface area contributed by atoms with E-state index in [0.29, 0.717) is 0 Å². The Balaban J connectivity index is 6.25. The molecule has 20 heteroatoms. The van der Waals surface area contributed by atoms with E-state index in [1.807, 2.05) is 0 Å². The Morgan fingerprint density at radius 2 is 0.882 bits per heavy atom. The molecule has 1 atom stereocenters. The van der Waals surface area contributed by atoms with Gasteiger partial charge in [-0.1, -0.05) is 0 Å². The standard InChI is InChI=1S/C14H12F18OS/c15-6(34-4-2-1-3-33)5-7(16,17)8(18,19)9(20,21)10(22,23)11(24,25)12(26,27)13(28,29)14(30,31)32/h6,33H,1-5H2. The zero-order chi connectivity index (χ0) is 27.8. The largest absolute Gasteiger partial charge is 0.460 e. The fraction of sp³-hybridized carbons (Fsp3) is 1.00. The molecule has 0 saturated heterocycles. The first-order valence-corrected chi connectivity index (χ1v) is 9.33. The highest BCUT2D eigenvalue weighted by atomic mass is 32.2. The number of thioether (sulfide) groups is 1. The van der Waals surface area contributed by atoms with Crippen LogP contribution in [0.4, 0.5) is 79.0 Å². The van der Waals surface area contributed by atoms with Gasteiger partial charge in [-0.15, -0.1) is 11.8 Å². The minimum atomic E-state index is -8.70. The Bertz CT molecular complexity index is 672. The van der Waals surface area contributed by atoms with Crippen molar-refractivity contribution < 1.29 is 84.1 Å². The molecule has 0 amide bonds. The van der Waals surface area contributed by atoms with E-state index in [-0.39, 0.29) is 24.6 Å². The molecule has 0 aliphatic rings. The third kappa shape index (κ3) is 5.25. The van der Waals surface area contributed by atoms with Crippen molar-refractivity contribution in [2.24, 2.45) is 0 Å². The lowest BCUT2D eigenvalue weighted by Crippen LogP contribution is -2.74. The first-order chi connectivity index (χ1) is 14.7. The zero-order valence-electron chi connectivity index (χ0n) is 15.8. The summed E-state index contributed by atoms with van der Waals surface area (Å²) in [6.07, 6.45) is -11.2. The van der Waals surface area contributed by atoms with Crippen LogP contribution in [0, 0.1) is 0 Å². The topological polar surface area (TPSA) is 20.2 Å². The third-order valence-electron chi connectivity index (χ3n) is 4.06. The molecular weight excluding hydrogens is 558 g/mol. The van der Waals surface area contributed by atoms with Crippen LogP contribution in [0.1, 0.15) is 19.3 Å². The van der Waals surface area contributed by atoms with Crippen molar-refractivity contribution in [2.45, 2.75) is 72.4 Å². The minimum absolute atomic E-state index is 0.0948. The molecule has 0 rings (SSSR count). The summed E-state index contributed by atoms with van der Waals surface area (Å²) in [5.41, 5.74) is -3.29. The Hall–Kier alpha value is -0.950. The molecule has 0 heterocycles. The van der Waals surface area contributed by atoms with Crippen molar-refractivity contribution in [1.29, 1.82) is 0 Å². The average molecular weight is 570 g/mol. The fourth-order valence-electron chi connectivity index (χ4n) is 2.01. The highest BCUT2D eigenvalue weighted by Crippen LogP contribution is 2.64. The number of aliphatic hydroxyl groups excluding tert-OH is 1. The van der Waals surface area contributed by atoms with Crippen molar-refractivity contribution in [3.63, 3.8) is 0 Å². The maximum absolute atomic E-state index is 13.6. The summed E-state index contributed by atoms with van der Waals surface area (Å²) in [5, 5.41) is 8.41. The highest BCUT2D eigenvalue weighted by Gasteiger charge is 2.95. The van der Waals surface area contributed by atoms with Gasteiger partial charge in [0, 0.05) is 6.61 Å². The van der Waals surface area contributed by atoms with Crippen LogP contribution in [0.15, 0.2) is 0 Å². The third-order valence-corrected chi connectivity index (χ3v) is 5.11. The lowest BCUT2D eigenvalue weighted by atomic mass is 9.88. The van der Waals surface area contributed by atoms with Crippen LogP contribution in [0.5, 0.6) is 0 Å². The van der Waals surface area contributed by atoms with Crippen molar-refractivity contribution in [3.8, 4) is 0 Å². The van der Waals surface area contributed by atoms with Crippen LogP contribution in [0.2, 0.25) is 0 Å². The second-order valence-electron chi connectivity index (χ2n) is 6.56. The van der Waals surface area contributed by atoms with Crippen LogP contribution < -0.4 is 0 Å². The number of aliphatic hydroxyl groups is 1. The molecule has 1 nitrogen and oxygen atoms in total. The van der Waals surface area contributed by atoms with Gasteiger partial charge >= 0.3 is 47.6 Å². The molecule has 0 aromatic carbocycles. The van der Waals surface area contributed by atoms with Gasteiger partial charge in [-0.3, -0.25) is 0 Å². The van der Waals surface area contributed by atoms with E-state index in [4.69, 9.17) is 5.11 Å². The molecule has 1 N–H and O–H groups in total. The summed E-state index contributed by atoms with van der Waals surface area (Å²) in [6.45, 7) is -0.515. The van der Waals surface area contributed by atoms with Crippen LogP contribution in [-0.2, 0) is 0 Å². The number of alkyl halides is 18. The van der Waals surface area contributed by atoms with Gasteiger partial charge in [0.05, 0.1) is 6.42 Å². The summed E-state index contributed by atoms with van der Waals surface area (Å²) in [4.78, 5) is 0. The summed E-state index contributed by atoms with van der Waals surface area (Å²) in [7, 11) is 0. The molecule has 1 unspecified atom stereocenters. The van der Waals surface area contributed by atoms with Gasteiger partial charge in [0.25, 0.3) is 0 Å². The first-order valence-electron chi connectivity index (χ1n) is 8.28. The molecule has 0 fully saturated rings. The number of hydrogen-bond donors (Lipinski definition) is 1. The molecule has 206 valence electrons. The second-order valence-corrected chi connectivity index (χ2v) is 7.82. The average Bonchev–Trinajstić information content (AvgIpc) is 2.62. The Morgan fingerprint density at radius 1 is 0.529 bits per heavy atom. The fourth-order valence-corrected chi connectivity index (χ4v) is 2.96.